The van der Waals surface area contributed by atoms with Gasteiger partial charge in [0.15, 0.2) is 0 Å². The smallest absolute Gasteiger partial charge is 0.0561 e. The number of hydrogen-bond acceptors (Lipinski definition) is 3. The highest BCUT2D eigenvalue weighted by Gasteiger charge is 2.21. The zero-order valence-corrected chi connectivity index (χ0v) is 11.1. The first-order valence-corrected chi connectivity index (χ1v) is 6.96. The molecule has 1 aliphatic rings. The average Bonchev–Trinajstić information content (AvgIpc) is 2.64. The Morgan fingerprint density at radius 3 is 3.00 bits per heavy atom. The van der Waals surface area contributed by atoms with Gasteiger partial charge in [0.2, 0.25) is 0 Å². The highest BCUT2D eigenvalue weighted by molar-refractivity contribution is 7.10. The second-order valence-electron chi connectivity index (χ2n) is 4.76. The summed E-state index contributed by atoms with van der Waals surface area (Å²) < 4.78 is 5.57. The Kier molecular flexibility index (Phi) is 4.00. The largest absolute Gasteiger partial charge is 0.378 e. The molecule has 2 nitrogen and oxygen atoms in total. The number of aryl methyl sites for hydroxylation is 1. The van der Waals surface area contributed by atoms with Crippen LogP contribution in [-0.4, -0.2) is 18.8 Å². The first-order chi connectivity index (χ1) is 7.66. The molecule has 0 aromatic carbocycles. The Morgan fingerprint density at radius 1 is 1.56 bits per heavy atom. The number of ether oxygens (including phenoxy) is 1. The predicted molar refractivity (Wildman–Crippen MR) is 69.0 cm³/mol. The van der Waals surface area contributed by atoms with E-state index in [2.05, 4.69) is 37.5 Å². The summed E-state index contributed by atoms with van der Waals surface area (Å²) in [5.41, 5.74) is 1.41. The molecule has 0 aliphatic carbocycles. The summed E-state index contributed by atoms with van der Waals surface area (Å²) in [6, 6.07) is 3.28. The normalized spacial score (nSPS) is 27.9. The summed E-state index contributed by atoms with van der Waals surface area (Å²) >= 11 is 1.85. The maximum absolute atomic E-state index is 5.57. The lowest BCUT2D eigenvalue weighted by Gasteiger charge is -2.30. The molecular weight excluding hydrogens is 218 g/mol. The summed E-state index contributed by atoms with van der Waals surface area (Å²) in [4.78, 5) is 1.47. The summed E-state index contributed by atoms with van der Waals surface area (Å²) in [6.07, 6.45) is 2.68. The predicted octanol–water partition coefficient (Wildman–Crippen LogP) is 3.27. The monoisotopic (exact) mass is 239 g/mol. The van der Waals surface area contributed by atoms with Gasteiger partial charge in [0.25, 0.3) is 0 Å². The summed E-state index contributed by atoms with van der Waals surface area (Å²) in [5, 5.41) is 5.90. The third-order valence-electron chi connectivity index (χ3n) is 3.27. The molecule has 0 bridgehead atoms. The van der Waals surface area contributed by atoms with E-state index < -0.39 is 0 Å². The lowest BCUT2D eigenvalue weighted by molar-refractivity contribution is 0.0116. The molecule has 1 aromatic heterocycles. The summed E-state index contributed by atoms with van der Waals surface area (Å²) in [5.74, 6) is 0. The zero-order chi connectivity index (χ0) is 11.5. The molecule has 1 fully saturated rings. The molecule has 3 atom stereocenters. The van der Waals surface area contributed by atoms with Gasteiger partial charge in [-0.05, 0) is 50.6 Å². The molecule has 0 radical (unpaired) electrons. The maximum Gasteiger partial charge on any atom is 0.0561 e. The van der Waals surface area contributed by atoms with Crippen LogP contribution in [0.3, 0.4) is 0 Å². The molecule has 0 amide bonds. The van der Waals surface area contributed by atoms with E-state index in [-0.39, 0.29) is 0 Å². The Morgan fingerprint density at radius 2 is 2.38 bits per heavy atom. The third kappa shape index (κ3) is 2.84. The van der Waals surface area contributed by atoms with Crippen LogP contribution >= 0.6 is 11.3 Å². The Hall–Kier alpha value is -0.380. The van der Waals surface area contributed by atoms with Crippen molar-refractivity contribution in [1.82, 2.24) is 5.32 Å². The minimum absolute atomic E-state index is 0.405. The fourth-order valence-corrected chi connectivity index (χ4v) is 3.35. The van der Waals surface area contributed by atoms with Crippen LogP contribution in [0.15, 0.2) is 11.4 Å². The molecule has 2 heterocycles. The first kappa shape index (κ1) is 12.1. The van der Waals surface area contributed by atoms with Gasteiger partial charge in [-0.25, -0.2) is 0 Å². The van der Waals surface area contributed by atoms with Crippen molar-refractivity contribution in [2.24, 2.45) is 0 Å². The highest BCUT2D eigenvalue weighted by atomic mass is 32.1. The first-order valence-electron chi connectivity index (χ1n) is 6.08. The molecule has 1 aromatic rings. The van der Waals surface area contributed by atoms with Crippen LogP contribution in [0, 0.1) is 6.92 Å². The lowest BCUT2D eigenvalue weighted by Crippen LogP contribution is -2.39. The molecule has 0 saturated carbocycles. The third-order valence-corrected chi connectivity index (χ3v) is 4.47. The van der Waals surface area contributed by atoms with E-state index in [4.69, 9.17) is 4.74 Å². The van der Waals surface area contributed by atoms with E-state index in [0.717, 1.165) is 19.4 Å². The molecule has 2 rings (SSSR count). The second kappa shape index (κ2) is 5.30. The lowest BCUT2D eigenvalue weighted by atomic mass is 10.0. The van der Waals surface area contributed by atoms with Gasteiger partial charge in [-0.2, -0.15) is 0 Å². The van der Waals surface area contributed by atoms with E-state index in [1.807, 2.05) is 11.3 Å². The minimum Gasteiger partial charge on any atom is -0.378 e. The molecule has 1 saturated heterocycles. The van der Waals surface area contributed by atoms with E-state index in [1.54, 1.807) is 0 Å². The van der Waals surface area contributed by atoms with Gasteiger partial charge in [-0.15, -0.1) is 11.3 Å². The fourth-order valence-electron chi connectivity index (χ4n) is 2.41. The Bertz CT molecular complexity index is 336. The molecule has 1 aliphatic heterocycles. The van der Waals surface area contributed by atoms with Crippen molar-refractivity contribution in [1.29, 1.82) is 0 Å². The van der Waals surface area contributed by atoms with Crippen molar-refractivity contribution in [2.75, 3.05) is 6.61 Å². The standard InChI is InChI=1S/C13H21NOS/c1-9-5-7-16-13(9)11(3)14-12-4-6-15-10(2)8-12/h5,7,10-12,14H,4,6,8H2,1-3H3. The van der Waals surface area contributed by atoms with Crippen molar-refractivity contribution in [3.05, 3.63) is 21.9 Å². The zero-order valence-electron chi connectivity index (χ0n) is 10.3. The topological polar surface area (TPSA) is 21.3 Å². The van der Waals surface area contributed by atoms with Crippen molar-refractivity contribution in [3.63, 3.8) is 0 Å². The number of thiophene rings is 1. The second-order valence-corrected chi connectivity index (χ2v) is 5.71. The molecule has 0 spiro atoms. The van der Waals surface area contributed by atoms with Gasteiger partial charge in [0.1, 0.15) is 0 Å². The van der Waals surface area contributed by atoms with Crippen LogP contribution in [0.4, 0.5) is 0 Å². The van der Waals surface area contributed by atoms with Gasteiger partial charge in [-0.1, -0.05) is 0 Å². The van der Waals surface area contributed by atoms with Crippen LogP contribution in [-0.2, 0) is 4.74 Å². The molecule has 16 heavy (non-hydrogen) atoms. The summed E-state index contributed by atoms with van der Waals surface area (Å²) in [7, 11) is 0. The van der Waals surface area contributed by atoms with Crippen LogP contribution in [0.5, 0.6) is 0 Å². The molecule has 3 unspecified atom stereocenters. The number of rotatable bonds is 3. The van der Waals surface area contributed by atoms with Gasteiger partial charge >= 0.3 is 0 Å². The number of hydrogen-bond donors (Lipinski definition) is 1. The quantitative estimate of drug-likeness (QED) is 0.874. The van der Waals surface area contributed by atoms with Gasteiger partial charge < -0.3 is 10.1 Å². The Balaban J connectivity index is 1.92. The summed E-state index contributed by atoms with van der Waals surface area (Å²) in [6.45, 7) is 7.51. The van der Waals surface area contributed by atoms with Gasteiger partial charge in [0, 0.05) is 23.6 Å². The molecule has 1 N–H and O–H groups in total. The van der Waals surface area contributed by atoms with Crippen molar-refractivity contribution in [2.45, 2.75) is 51.8 Å². The van der Waals surface area contributed by atoms with E-state index >= 15 is 0 Å². The number of nitrogens with one attached hydrogen (secondary N) is 1. The van der Waals surface area contributed by atoms with Crippen LogP contribution < -0.4 is 5.32 Å². The van der Waals surface area contributed by atoms with Crippen LogP contribution in [0.1, 0.15) is 43.2 Å². The SMILES string of the molecule is Cc1ccsc1C(C)NC1CCOC(C)C1. The van der Waals surface area contributed by atoms with Gasteiger partial charge in [0.05, 0.1) is 6.10 Å². The average molecular weight is 239 g/mol. The van der Waals surface area contributed by atoms with Crippen molar-refractivity contribution in [3.8, 4) is 0 Å². The molecule has 90 valence electrons. The van der Waals surface area contributed by atoms with E-state index in [0.29, 0.717) is 18.2 Å². The van der Waals surface area contributed by atoms with Gasteiger partial charge in [-0.3, -0.25) is 0 Å². The van der Waals surface area contributed by atoms with Crippen LogP contribution in [0.25, 0.3) is 0 Å². The Labute approximate surface area is 102 Å². The van der Waals surface area contributed by atoms with Crippen LogP contribution in [0.2, 0.25) is 0 Å². The van der Waals surface area contributed by atoms with E-state index in [1.165, 1.54) is 10.4 Å². The van der Waals surface area contributed by atoms with E-state index in [9.17, 15) is 0 Å². The maximum atomic E-state index is 5.57. The molecular formula is C13H21NOS. The van der Waals surface area contributed by atoms with Crippen molar-refractivity contribution >= 4 is 11.3 Å². The fraction of sp³-hybridized carbons (Fsp3) is 0.692. The molecule has 3 heteroatoms. The highest BCUT2D eigenvalue weighted by Crippen LogP contribution is 2.25. The van der Waals surface area contributed by atoms with Crippen molar-refractivity contribution < 1.29 is 4.74 Å². The minimum atomic E-state index is 0.405.